The number of carbonyl (C=O) groups is 1. The van der Waals surface area contributed by atoms with Crippen molar-refractivity contribution in [2.24, 2.45) is 10.7 Å². The summed E-state index contributed by atoms with van der Waals surface area (Å²) in [7, 11) is 0. The Balaban J connectivity index is 2.20. The highest BCUT2D eigenvalue weighted by Crippen LogP contribution is 2.32. The summed E-state index contributed by atoms with van der Waals surface area (Å²) >= 11 is 5.95. The van der Waals surface area contributed by atoms with Crippen LogP contribution in [0.4, 0.5) is 13.2 Å². The number of aliphatic carboxylic acids is 1. The molecule has 2 rings (SSSR count). The standard InChI is InChI=1S/C15H16ClF3N4O3/c1-7-3-11(13(24)25)22-14(20)23(7)8(2)9-4-10(16)12(21-5-9)26-6-15(17,18)19/h3-5,8,14H,6,20H2,1-2H3,(H,24,25). The Morgan fingerprint density at radius 2 is 2.19 bits per heavy atom. The summed E-state index contributed by atoms with van der Waals surface area (Å²) in [4.78, 5) is 20.4. The zero-order valence-corrected chi connectivity index (χ0v) is 14.5. The van der Waals surface area contributed by atoms with Gasteiger partial charge in [0.25, 0.3) is 0 Å². The van der Waals surface area contributed by atoms with E-state index in [9.17, 15) is 18.0 Å². The fourth-order valence-corrected chi connectivity index (χ4v) is 2.69. The van der Waals surface area contributed by atoms with Crippen LogP contribution >= 0.6 is 11.6 Å². The van der Waals surface area contributed by atoms with Gasteiger partial charge in [-0.1, -0.05) is 11.6 Å². The van der Waals surface area contributed by atoms with E-state index in [1.807, 2.05) is 0 Å². The number of ether oxygens (including phenoxy) is 1. The Labute approximate surface area is 151 Å². The van der Waals surface area contributed by atoms with Gasteiger partial charge in [0.2, 0.25) is 5.88 Å². The molecule has 0 amide bonds. The van der Waals surface area contributed by atoms with Crippen LogP contribution in [0.2, 0.25) is 5.02 Å². The van der Waals surface area contributed by atoms with Crippen molar-refractivity contribution in [2.75, 3.05) is 6.61 Å². The van der Waals surface area contributed by atoms with Gasteiger partial charge in [-0.2, -0.15) is 13.2 Å². The van der Waals surface area contributed by atoms with E-state index >= 15 is 0 Å². The van der Waals surface area contributed by atoms with Crippen LogP contribution in [0.15, 0.2) is 29.0 Å². The SMILES string of the molecule is CC1=CC(C(=O)O)=NC(N)N1C(C)c1cnc(OCC(F)(F)F)c(Cl)c1. The highest BCUT2D eigenvalue weighted by atomic mass is 35.5. The van der Waals surface area contributed by atoms with Crippen molar-refractivity contribution in [3.8, 4) is 5.88 Å². The maximum atomic E-state index is 12.2. The van der Waals surface area contributed by atoms with Crippen molar-refractivity contribution in [1.82, 2.24) is 9.88 Å². The Hall–Kier alpha value is -2.33. The van der Waals surface area contributed by atoms with Crippen LogP contribution in [0.1, 0.15) is 25.5 Å². The monoisotopic (exact) mass is 392 g/mol. The van der Waals surface area contributed by atoms with Crippen molar-refractivity contribution in [3.05, 3.63) is 34.6 Å². The average Bonchev–Trinajstić information content (AvgIpc) is 2.51. The van der Waals surface area contributed by atoms with Crippen molar-refractivity contribution < 1.29 is 27.8 Å². The third-order valence-electron chi connectivity index (χ3n) is 3.63. The van der Waals surface area contributed by atoms with Crippen LogP contribution in [0, 0.1) is 0 Å². The molecule has 0 saturated heterocycles. The van der Waals surface area contributed by atoms with Crippen LogP contribution in [-0.2, 0) is 4.79 Å². The molecule has 26 heavy (non-hydrogen) atoms. The number of halogens is 4. The molecule has 0 bridgehead atoms. The second kappa shape index (κ2) is 7.50. The van der Waals surface area contributed by atoms with Gasteiger partial charge < -0.3 is 14.7 Å². The summed E-state index contributed by atoms with van der Waals surface area (Å²) < 4.78 is 41.2. The van der Waals surface area contributed by atoms with E-state index in [2.05, 4.69) is 14.7 Å². The number of carboxylic acid groups (broad SMARTS) is 1. The number of hydrogen-bond donors (Lipinski definition) is 2. The molecule has 0 radical (unpaired) electrons. The zero-order valence-electron chi connectivity index (χ0n) is 13.8. The van der Waals surface area contributed by atoms with Gasteiger partial charge in [-0.3, -0.25) is 5.73 Å². The summed E-state index contributed by atoms with van der Waals surface area (Å²) in [5.74, 6) is -1.52. The maximum absolute atomic E-state index is 12.2. The fourth-order valence-electron chi connectivity index (χ4n) is 2.46. The molecule has 0 fully saturated rings. The number of nitrogens with zero attached hydrogens (tertiary/aromatic N) is 3. The maximum Gasteiger partial charge on any atom is 0.422 e. The molecule has 11 heteroatoms. The first-order valence-electron chi connectivity index (χ1n) is 7.38. The number of aromatic nitrogens is 1. The Morgan fingerprint density at radius 3 is 2.69 bits per heavy atom. The number of hydrogen-bond acceptors (Lipinski definition) is 6. The average molecular weight is 393 g/mol. The van der Waals surface area contributed by atoms with Gasteiger partial charge in [0.05, 0.1) is 6.04 Å². The van der Waals surface area contributed by atoms with Gasteiger partial charge in [0, 0.05) is 11.9 Å². The summed E-state index contributed by atoms with van der Waals surface area (Å²) in [5.41, 5.74) is 6.88. The number of aliphatic imine (C=N–C) groups is 1. The minimum absolute atomic E-state index is 0.0828. The smallest absolute Gasteiger partial charge is 0.422 e. The van der Waals surface area contributed by atoms with E-state index in [-0.39, 0.29) is 16.6 Å². The number of rotatable bonds is 5. The number of alkyl halides is 3. The first kappa shape index (κ1) is 20.0. The minimum Gasteiger partial charge on any atom is -0.477 e. The van der Waals surface area contributed by atoms with Gasteiger partial charge in [-0.05, 0) is 31.6 Å². The third kappa shape index (κ3) is 4.64. The summed E-state index contributed by atoms with van der Waals surface area (Å²) in [6, 6.07) is 1.00. The Morgan fingerprint density at radius 1 is 1.54 bits per heavy atom. The van der Waals surface area contributed by atoms with E-state index in [0.717, 1.165) is 0 Å². The van der Waals surface area contributed by atoms with Gasteiger partial charge in [0.15, 0.2) is 12.9 Å². The van der Waals surface area contributed by atoms with Gasteiger partial charge in [0.1, 0.15) is 10.7 Å². The van der Waals surface area contributed by atoms with Gasteiger partial charge >= 0.3 is 12.1 Å². The van der Waals surface area contributed by atoms with Crippen LogP contribution in [-0.4, -0.2) is 45.7 Å². The molecular formula is C15H16ClF3N4O3. The molecule has 142 valence electrons. The zero-order chi connectivity index (χ0) is 19.6. The first-order chi connectivity index (χ1) is 12.0. The van der Waals surface area contributed by atoms with E-state index in [1.165, 1.54) is 18.3 Å². The summed E-state index contributed by atoms with van der Waals surface area (Å²) in [6.07, 6.45) is -2.75. The van der Waals surface area contributed by atoms with Crippen molar-refractivity contribution in [3.63, 3.8) is 0 Å². The normalized spacial score (nSPS) is 18.9. The lowest BCUT2D eigenvalue weighted by Gasteiger charge is -2.37. The molecule has 1 aliphatic heterocycles. The number of carboxylic acids is 1. The lowest BCUT2D eigenvalue weighted by molar-refractivity contribution is -0.154. The highest BCUT2D eigenvalue weighted by Gasteiger charge is 2.30. The predicted octanol–water partition coefficient (Wildman–Crippen LogP) is 2.72. The molecule has 2 heterocycles. The van der Waals surface area contributed by atoms with E-state index in [0.29, 0.717) is 11.3 Å². The lowest BCUT2D eigenvalue weighted by Crippen LogP contribution is -2.44. The van der Waals surface area contributed by atoms with Crippen molar-refractivity contribution >= 4 is 23.3 Å². The van der Waals surface area contributed by atoms with Crippen molar-refractivity contribution in [1.29, 1.82) is 0 Å². The van der Waals surface area contributed by atoms with Crippen LogP contribution in [0.25, 0.3) is 0 Å². The minimum atomic E-state index is -4.50. The lowest BCUT2D eigenvalue weighted by atomic mass is 10.1. The summed E-state index contributed by atoms with van der Waals surface area (Å²) in [6.45, 7) is 1.92. The largest absolute Gasteiger partial charge is 0.477 e. The first-order valence-corrected chi connectivity index (χ1v) is 7.75. The molecule has 1 aromatic rings. The Kier molecular flexibility index (Phi) is 5.77. The number of pyridine rings is 1. The second-order valence-corrected chi connectivity index (χ2v) is 5.97. The molecular weight excluding hydrogens is 377 g/mol. The molecule has 7 nitrogen and oxygen atoms in total. The van der Waals surface area contributed by atoms with E-state index < -0.39 is 31.1 Å². The Bertz CT molecular complexity index is 767. The van der Waals surface area contributed by atoms with Gasteiger partial charge in [-0.15, -0.1) is 0 Å². The van der Waals surface area contributed by atoms with Crippen LogP contribution in [0.3, 0.4) is 0 Å². The molecule has 1 aliphatic rings. The number of allylic oxidation sites excluding steroid dienone is 1. The van der Waals surface area contributed by atoms with Crippen LogP contribution in [0.5, 0.6) is 5.88 Å². The molecule has 0 saturated carbocycles. The number of nitrogens with two attached hydrogens (primary N) is 1. The van der Waals surface area contributed by atoms with Gasteiger partial charge in [-0.25, -0.2) is 14.8 Å². The fraction of sp³-hybridized carbons (Fsp3) is 0.400. The molecule has 3 N–H and O–H groups in total. The predicted molar refractivity (Wildman–Crippen MR) is 87.9 cm³/mol. The summed E-state index contributed by atoms with van der Waals surface area (Å²) in [5, 5.41) is 8.94. The molecule has 0 aliphatic carbocycles. The molecule has 2 unspecified atom stereocenters. The second-order valence-electron chi connectivity index (χ2n) is 5.56. The molecule has 0 aromatic carbocycles. The van der Waals surface area contributed by atoms with E-state index in [1.54, 1.807) is 18.7 Å². The quantitative estimate of drug-likeness (QED) is 0.799. The highest BCUT2D eigenvalue weighted by molar-refractivity contribution is 6.40. The van der Waals surface area contributed by atoms with Crippen LogP contribution < -0.4 is 10.5 Å². The molecule has 0 spiro atoms. The molecule has 1 aromatic heterocycles. The topological polar surface area (TPSA) is 101 Å². The van der Waals surface area contributed by atoms with Crippen molar-refractivity contribution in [2.45, 2.75) is 32.4 Å². The van der Waals surface area contributed by atoms with E-state index in [4.69, 9.17) is 22.4 Å². The molecule has 2 atom stereocenters. The third-order valence-corrected chi connectivity index (χ3v) is 3.90.